The van der Waals surface area contributed by atoms with E-state index in [-0.39, 0.29) is 0 Å². The summed E-state index contributed by atoms with van der Waals surface area (Å²) in [5.74, 6) is -3.86. The number of hydrogen-bond acceptors (Lipinski definition) is 1. The van der Waals surface area contributed by atoms with Crippen LogP contribution in [0, 0.1) is 17.5 Å². The Bertz CT molecular complexity index is 608. The minimum absolute atomic E-state index is 0.321. The summed E-state index contributed by atoms with van der Waals surface area (Å²) in [5.41, 5.74) is 1.09. The maximum absolute atomic E-state index is 13.4. The zero-order valence-corrected chi connectivity index (χ0v) is 12.2. The Kier molecular flexibility index (Phi) is 5.26. The summed E-state index contributed by atoms with van der Waals surface area (Å²) in [5, 5.41) is 3.72. The smallest absolute Gasteiger partial charge is 0.194 e. The summed E-state index contributed by atoms with van der Waals surface area (Å²) in [4.78, 5) is 0. The summed E-state index contributed by atoms with van der Waals surface area (Å²) in [6.07, 6.45) is 0.850. The van der Waals surface area contributed by atoms with Gasteiger partial charge in [0.2, 0.25) is 0 Å². The molecule has 2 aromatic rings. The van der Waals surface area contributed by atoms with E-state index in [2.05, 4.69) is 5.32 Å². The molecule has 0 aromatic heterocycles. The highest BCUT2D eigenvalue weighted by molar-refractivity contribution is 6.30. The van der Waals surface area contributed by atoms with Gasteiger partial charge < -0.3 is 5.32 Å². The number of hydrogen-bond donors (Lipinski definition) is 1. The van der Waals surface area contributed by atoms with Crippen LogP contribution in [0.25, 0.3) is 0 Å². The monoisotopic (exact) mass is 313 g/mol. The van der Waals surface area contributed by atoms with Crippen molar-refractivity contribution >= 4 is 11.6 Å². The summed E-state index contributed by atoms with van der Waals surface area (Å²) in [6, 6.07) is 8.56. The van der Waals surface area contributed by atoms with Crippen LogP contribution in [-0.4, -0.2) is 6.54 Å². The van der Waals surface area contributed by atoms with E-state index in [1.54, 1.807) is 24.3 Å². The second-order valence-electron chi connectivity index (χ2n) is 4.74. The molecule has 2 aromatic carbocycles. The molecular weight excluding hydrogens is 299 g/mol. The third-order valence-electron chi connectivity index (χ3n) is 3.12. The van der Waals surface area contributed by atoms with Gasteiger partial charge in [-0.1, -0.05) is 30.7 Å². The summed E-state index contributed by atoms with van der Waals surface area (Å²) < 4.78 is 40.0. The molecule has 0 saturated heterocycles. The van der Waals surface area contributed by atoms with Gasteiger partial charge in [-0.05, 0) is 48.4 Å². The standard InChI is InChI=1S/C16H15ClF3N/c1-2-6-21-16(10-4-3-5-12(17)7-10)11-8-13(18)15(20)14(19)9-11/h3-5,7-9,16,21H,2,6H2,1H3. The summed E-state index contributed by atoms with van der Waals surface area (Å²) in [7, 11) is 0. The first-order valence-corrected chi connectivity index (χ1v) is 7.04. The van der Waals surface area contributed by atoms with Gasteiger partial charge in [0.15, 0.2) is 17.5 Å². The van der Waals surface area contributed by atoms with Crippen molar-refractivity contribution in [1.29, 1.82) is 0 Å². The molecule has 0 heterocycles. The molecule has 0 spiro atoms. The van der Waals surface area contributed by atoms with Gasteiger partial charge in [-0.2, -0.15) is 0 Å². The van der Waals surface area contributed by atoms with E-state index in [0.29, 0.717) is 17.1 Å². The maximum Gasteiger partial charge on any atom is 0.194 e. The van der Waals surface area contributed by atoms with Crippen LogP contribution in [0.3, 0.4) is 0 Å². The molecule has 21 heavy (non-hydrogen) atoms. The van der Waals surface area contributed by atoms with Crippen LogP contribution in [0.15, 0.2) is 36.4 Å². The van der Waals surface area contributed by atoms with Crippen LogP contribution in [0.2, 0.25) is 5.02 Å². The number of rotatable bonds is 5. The average molecular weight is 314 g/mol. The first kappa shape index (κ1) is 15.9. The quantitative estimate of drug-likeness (QED) is 0.778. The number of halogens is 4. The molecule has 0 bridgehead atoms. The van der Waals surface area contributed by atoms with E-state index in [1.165, 1.54) is 0 Å². The van der Waals surface area contributed by atoms with E-state index in [9.17, 15) is 13.2 Å². The fourth-order valence-corrected chi connectivity index (χ4v) is 2.34. The van der Waals surface area contributed by atoms with Gasteiger partial charge in [0.25, 0.3) is 0 Å². The Morgan fingerprint density at radius 2 is 1.71 bits per heavy atom. The fourth-order valence-electron chi connectivity index (χ4n) is 2.14. The lowest BCUT2D eigenvalue weighted by molar-refractivity contribution is 0.442. The highest BCUT2D eigenvalue weighted by Gasteiger charge is 2.18. The van der Waals surface area contributed by atoms with E-state index in [4.69, 9.17) is 11.6 Å². The second-order valence-corrected chi connectivity index (χ2v) is 5.18. The lowest BCUT2D eigenvalue weighted by atomic mass is 9.98. The summed E-state index contributed by atoms with van der Waals surface area (Å²) in [6.45, 7) is 2.63. The molecule has 1 unspecified atom stereocenters. The largest absolute Gasteiger partial charge is 0.306 e. The molecule has 1 N–H and O–H groups in total. The third kappa shape index (κ3) is 3.77. The van der Waals surface area contributed by atoms with Crippen molar-refractivity contribution in [3.63, 3.8) is 0 Å². The molecule has 0 aliphatic rings. The molecule has 0 saturated carbocycles. The van der Waals surface area contributed by atoms with Gasteiger partial charge in [-0.3, -0.25) is 0 Å². The predicted molar refractivity (Wildman–Crippen MR) is 77.9 cm³/mol. The molecule has 0 radical (unpaired) electrons. The Morgan fingerprint density at radius 1 is 1.05 bits per heavy atom. The van der Waals surface area contributed by atoms with Gasteiger partial charge >= 0.3 is 0 Å². The fraction of sp³-hybridized carbons (Fsp3) is 0.250. The third-order valence-corrected chi connectivity index (χ3v) is 3.36. The maximum atomic E-state index is 13.4. The SMILES string of the molecule is CCCNC(c1cccc(Cl)c1)c1cc(F)c(F)c(F)c1. The Morgan fingerprint density at radius 3 is 2.29 bits per heavy atom. The Hall–Kier alpha value is -1.52. The van der Waals surface area contributed by atoms with E-state index >= 15 is 0 Å². The normalized spacial score (nSPS) is 12.4. The molecule has 5 heteroatoms. The van der Waals surface area contributed by atoms with Crippen LogP contribution in [-0.2, 0) is 0 Å². The van der Waals surface area contributed by atoms with Gasteiger partial charge in [-0.15, -0.1) is 0 Å². The van der Waals surface area contributed by atoms with Gasteiger partial charge in [0, 0.05) is 5.02 Å². The lowest BCUT2D eigenvalue weighted by Gasteiger charge is -2.20. The van der Waals surface area contributed by atoms with Crippen molar-refractivity contribution in [2.45, 2.75) is 19.4 Å². The molecule has 1 nitrogen and oxygen atoms in total. The Balaban J connectivity index is 2.45. The van der Waals surface area contributed by atoms with Gasteiger partial charge in [0.1, 0.15) is 0 Å². The zero-order valence-electron chi connectivity index (χ0n) is 11.5. The predicted octanol–water partition coefficient (Wildman–Crippen LogP) is 4.85. The molecular formula is C16H15ClF3N. The molecule has 0 aliphatic heterocycles. The zero-order chi connectivity index (χ0) is 15.4. The van der Waals surface area contributed by atoms with Gasteiger partial charge in [0.05, 0.1) is 6.04 Å². The van der Waals surface area contributed by atoms with Crippen molar-refractivity contribution in [3.05, 3.63) is 70.0 Å². The topological polar surface area (TPSA) is 12.0 Å². The first-order valence-electron chi connectivity index (χ1n) is 6.66. The number of nitrogens with one attached hydrogen (secondary N) is 1. The highest BCUT2D eigenvalue weighted by atomic mass is 35.5. The van der Waals surface area contributed by atoms with Crippen LogP contribution < -0.4 is 5.32 Å². The van der Waals surface area contributed by atoms with Crippen LogP contribution >= 0.6 is 11.6 Å². The minimum Gasteiger partial charge on any atom is -0.306 e. The minimum atomic E-state index is -1.46. The molecule has 2 rings (SSSR count). The second kappa shape index (κ2) is 6.96. The van der Waals surface area contributed by atoms with E-state index in [0.717, 1.165) is 24.1 Å². The average Bonchev–Trinajstić information content (AvgIpc) is 2.45. The first-order chi connectivity index (χ1) is 10.0. The summed E-state index contributed by atoms with van der Waals surface area (Å²) >= 11 is 5.96. The van der Waals surface area contributed by atoms with Crippen molar-refractivity contribution < 1.29 is 13.2 Å². The number of benzene rings is 2. The van der Waals surface area contributed by atoms with Crippen molar-refractivity contribution in [2.24, 2.45) is 0 Å². The van der Waals surface area contributed by atoms with Crippen molar-refractivity contribution in [1.82, 2.24) is 5.32 Å². The Labute approximate surface area is 126 Å². The van der Waals surface area contributed by atoms with Crippen LogP contribution in [0.5, 0.6) is 0 Å². The van der Waals surface area contributed by atoms with Gasteiger partial charge in [-0.25, -0.2) is 13.2 Å². The highest BCUT2D eigenvalue weighted by Crippen LogP contribution is 2.27. The molecule has 0 fully saturated rings. The van der Waals surface area contributed by atoms with Crippen molar-refractivity contribution in [2.75, 3.05) is 6.54 Å². The van der Waals surface area contributed by atoms with E-state index < -0.39 is 23.5 Å². The van der Waals surface area contributed by atoms with Crippen LogP contribution in [0.1, 0.15) is 30.5 Å². The van der Waals surface area contributed by atoms with Crippen LogP contribution in [0.4, 0.5) is 13.2 Å². The lowest BCUT2D eigenvalue weighted by Crippen LogP contribution is -2.23. The molecule has 0 amide bonds. The molecule has 1 atom stereocenters. The van der Waals surface area contributed by atoms with Crippen molar-refractivity contribution in [3.8, 4) is 0 Å². The molecule has 112 valence electrons. The van der Waals surface area contributed by atoms with E-state index in [1.807, 2.05) is 6.92 Å². The molecule has 0 aliphatic carbocycles.